The molecular weight excluding hydrogens is 332 g/mol. The zero-order valence-electron chi connectivity index (χ0n) is 15.4. The van der Waals surface area contributed by atoms with E-state index in [9.17, 15) is 4.79 Å². The number of rotatable bonds is 5. The number of nitrogens with one attached hydrogen (secondary N) is 1. The number of benzene rings is 3. The zero-order chi connectivity index (χ0) is 18.5. The van der Waals surface area contributed by atoms with Crippen LogP contribution in [-0.2, 0) is 6.54 Å². The monoisotopic (exact) mass is 356 g/mol. The largest absolute Gasteiger partial charge is 0.321 e. The molecule has 1 fully saturated rings. The molecule has 0 radical (unpaired) electrons. The molecular formula is C24H24N2O. The minimum absolute atomic E-state index is 0.0679. The smallest absolute Gasteiger partial charge is 0.255 e. The van der Waals surface area contributed by atoms with Crippen LogP contribution in [0.15, 0.2) is 78.9 Å². The Morgan fingerprint density at radius 3 is 2.41 bits per heavy atom. The number of para-hydroxylation sites is 1. The van der Waals surface area contributed by atoms with E-state index in [1.165, 1.54) is 18.4 Å². The molecule has 0 unspecified atom stereocenters. The van der Waals surface area contributed by atoms with Gasteiger partial charge in [-0.05, 0) is 55.3 Å². The second-order valence-electron chi connectivity index (χ2n) is 7.05. The first-order chi connectivity index (χ1) is 13.3. The molecule has 0 aliphatic carbocycles. The quantitative estimate of drug-likeness (QED) is 0.681. The van der Waals surface area contributed by atoms with Crippen LogP contribution in [0.25, 0.3) is 11.1 Å². The van der Waals surface area contributed by atoms with Crippen LogP contribution in [0.2, 0.25) is 0 Å². The van der Waals surface area contributed by atoms with Crippen molar-refractivity contribution >= 4 is 11.6 Å². The maximum absolute atomic E-state index is 12.9. The second kappa shape index (κ2) is 8.19. The van der Waals surface area contributed by atoms with Crippen LogP contribution in [0.5, 0.6) is 0 Å². The first kappa shape index (κ1) is 17.5. The number of carbonyl (C=O) groups is 1. The van der Waals surface area contributed by atoms with Crippen LogP contribution in [0.3, 0.4) is 0 Å². The standard InChI is InChI=1S/C24H24N2O/c27-24(21-12-8-9-19(17-21)18-26-15-6-7-16-26)25-23-14-5-4-13-22(23)20-10-2-1-3-11-20/h1-5,8-14,17H,6-7,15-16,18H2,(H,25,27). The molecule has 1 N–H and O–H groups in total. The fourth-order valence-electron chi connectivity index (χ4n) is 3.67. The van der Waals surface area contributed by atoms with Crippen LogP contribution in [-0.4, -0.2) is 23.9 Å². The van der Waals surface area contributed by atoms with Gasteiger partial charge in [0, 0.05) is 23.4 Å². The van der Waals surface area contributed by atoms with Crippen molar-refractivity contribution in [1.29, 1.82) is 0 Å². The number of hydrogen-bond donors (Lipinski definition) is 1. The summed E-state index contributed by atoms with van der Waals surface area (Å²) in [5.41, 5.74) is 4.85. The topological polar surface area (TPSA) is 32.3 Å². The van der Waals surface area contributed by atoms with Crippen LogP contribution in [0.1, 0.15) is 28.8 Å². The lowest BCUT2D eigenvalue weighted by molar-refractivity contribution is 0.102. The number of carbonyl (C=O) groups excluding carboxylic acids is 1. The van der Waals surface area contributed by atoms with Crippen molar-refractivity contribution in [3.8, 4) is 11.1 Å². The molecule has 0 spiro atoms. The van der Waals surface area contributed by atoms with Crippen molar-refractivity contribution in [2.24, 2.45) is 0 Å². The van der Waals surface area contributed by atoms with E-state index >= 15 is 0 Å². The van der Waals surface area contributed by atoms with Gasteiger partial charge in [0.15, 0.2) is 0 Å². The van der Waals surface area contributed by atoms with Gasteiger partial charge in [-0.3, -0.25) is 9.69 Å². The van der Waals surface area contributed by atoms with E-state index in [1.807, 2.05) is 60.7 Å². The minimum Gasteiger partial charge on any atom is -0.321 e. The number of anilines is 1. The average molecular weight is 356 g/mol. The maximum atomic E-state index is 12.9. The van der Waals surface area contributed by atoms with Crippen molar-refractivity contribution in [3.63, 3.8) is 0 Å². The first-order valence-electron chi connectivity index (χ1n) is 9.57. The summed E-state index contributed by atoms with van der Waals surface area (Å²) in [5, 5.41) is 3.09. The molecule has 1 saturated heterocycles. The fourth-order valence-corrected chi connectivity index (χ4v) is 3.67. The Morgan fingerprint density at radius 2 is 1.59 bits per heavy atom. The van der Waals surface area contributed by atoms with Crippen LogP contribution in [0, 0.1) is 0 Å². The van der Waals surface area contributed by atoms with Gasteiger partial charge in [-0.1, -0.05) is 60.7 Å². The summed E-state index contributed by atoms with van der Waals surface area (Å²) in [6, 6.07) is 26.0. The van der Waals surface area contributed by atoms with Gasteiger partial charge in [0.05, 0.1) is 0 Å². The van der Waals surface area contributed by atoms with E-state index in [2.05, 4.69) is 28.4 Å². The summed E-state index contributed by atoms with van der Waals surface area (Å²) in [5.74, 6) is -0.0679. The highest BCUT2D eigenvalue weighted by Gasteiger charge is 2.14. The second-order valence-corrected chi connectivity index (χ2v) is 7.05. The normalized spacial score (nSPS) is 14.2. The molecule has 1 aliphatic heterocycles. The third kappa shape index (κ3) is 4.26. The fraction of sp³-hybridized carbons (Fsp3) is 0.208. The van der Waals surface area contributed by atoms with Gasteiger partial charge in [0.1, 0.15) is 0 Å². The van der Waals surface area contributed by atoms with E-state index in [1.54, 1.807) is 0 Å². The van der Waals surface area contributed by atoms with E-state index in [4.69, 9.17) is 0 Å². The molecule has 0 aromatic heterocycles. The Hall–Kier alpha value is -2.91. The number of hydrogen-bond acceptors (Lipinski definition) is 2. The third-order valence-electron chi connectivity index (χ3n) is 5.05. The number of amides is 1. The molecule has 3 heteroatoms. The summed E-state index contributed by atoms with van der Waals surface area (Å²) in [7, 11) is 0. The third-order valence-corrected chi connectivity index (χ3v) is 5.05. The predicted molar refractivity (Wildman–Crippen MR) is 111 cm³/mol. The lowest BCUT2D eigenvalue weighted by Gasteiger charge is -2.15. The lowest BCUT2D eigenvalue weighted by Crippen LogP contribution is -2.19. The van der Waals surface area contributed by atoms with Crippen LogP contribution < -0.4 is 5.32 Å². The number of nitrogens with zero attached hydrogens (tertiary/aromatic N) is 1. The van der Waals surface area contributed by atoms with Crippen molar-refractivity contribution < 1.29 is 4.79 Å². The molecule has 3 aromatic rings. The molecule has 0 atom stereocenters. The van der Waals surface area contributed by atoms with Gasteiger partial charge < -0.3 is 5.32 Å². The molecule has 0 bridgehead atoms. The molecule has 4 rings (SSSR count). The Labute approximate surface area is 160 Å². The zero-order valence-corrected chi connectivity index (χ0v) is 15.4. The summed E-state index contributed by atoms with van der Waals surface area (Å²) < 4.78 is 0. The molecule has 1 aliphatic rings. The van der Waals surface area contributed by atoms with E-state index in [-0.39, 0.29) is 5.91 Å². The van der Waals surface area contributed by atoms with Gasteiger partial charge in [0.25, 0.3) is 5.91 Å². The molecule has 136 valence electrons. The van der Waals surface area contributed by atoms with Crippen molar-refractivity contribution in [1.82, 2.24) is 4.90 Å². The summed E-state index contributed by atoms with van der Waals surface area (Å²) in [4.78, 5) is 15.3. The summed E-state index contributed by atoms with van der Waals surface area (Å²) in [6.45, 7) is 3.23. The van der Waals surface area contributed by atoms with Crippen LogP contribution >= 0.6 is 0 Å². The average Bonchev–Trinajstić information content (AvgIpc) is 3.22. The maximum Gasteiger partial charge on any atom is 0.255 e. The first-order valence-corrected chi connectivity index (χ1v) is 9.57. The van der Waals surface area contributed by atoms with Crippen LogP contribution in [0.4, 0.5) is 5.69 Å². The Bertz CT molecular complexity index is 914. The molecule has 3 nitrogen and oxygen atoms in total. The molecule has 1 amide bonds. The van der Waals surface area contributed by atoms with Gasteiger partial charge in [0.2, 0.25) is 0 Å². The molecule has 3 aromatic carbocycles. The van der Waals surface area contributed by atoms with Crippen molar-refractivity contribution in [2.75, 3.05) is 18.4 Å². The highest BCUT2D eigenvalue weighted by atomic mass is 16.1. The Kier molecular flexibility index (Phi) is 5.31. The molecule has 27 heavy (non-hydrogen) atoms. The van der Waals surface area contributed by atoms with Gasteiger partial charge in [-0.25, -0.2) is 0 Å². The number of likely N-dealkylation sites (tertiary alicyclic amines) is 1. The van der Waals surface area contributed by atoms with E-state index < -0.39 is 0 Å². The van der Waals surface area contributed by atoms with E-state index in [0.29, 0.717) is 5.56 Å². The minimum atomic E-state index is -0.0679. The molecule has 0 saturated carbocycles. The van der Waals surface area contributed by atoms with Crippen molar-refractivity contribution in [2.45, 2.75) is 19.4 Å². The Balaban J connectivity index is 1.53. The lowest BCUT2D eigenvalue weighted by atomic mass is 10.0. The van der Waals surface area contributed by atoms with Gasteiger partial charge >= 0.3 is 0 Å². The van der Waals surface area contributed by atoms with Gasteiger partial charge in [-0.2, -0.15) is 0 Å². The van der Waals surface area contributed by atoms with Crippen molar-refractivity contribution in [3.05, 3.63) is 90.0 Å². The van der Waals surface area contributed by atoms with E-state index in [0.717, 1.165) is 36.4 Å². The summed E-state index contributed by atoms with van der Waals surface area (Å²) >= 11 is 0. The highest BCUT2D eigenvalue weighted by molar-refractivity contribution is 6.06. The predicted octanol–water partition coefficient (Wildman–Crippen LogP) is 5.20. The molecule has 1 heterocycles. The Morgan fingerprint density at radius 1 is 0.852 bits per heavy atom. The van der Waals surface area contributed by atoms with Gasteiger partial charge in [-0.15, -0.1) is 0 Å². The summed E-state index contributed by atoms with van der Waals surface area (Å²) in [6.07, 6.45) is 2.55. The highest BCUT2D eigenvalue weighted by Crippen LogP contribution is 2.28. The SMILES string of the molecule is O=C(Nc1ccccc1-c1ccccc1)c1cccc(CN2CCCC2)c1.